The number of alkyl halides is 3. The first-order chi connectivity index (χ1) is 10.3. The summed E-state index contributed by atoms with van der Waals surface area (Å²) in [5.41, 5.74) is -4.79. The van der Waals surface area contributed by atoms with Gasteiger partial charge in [0.25, 0.3) is 0 Å². The van der Waals surface area contributed by atoms with Crippen molar-refractivity contribution in [3.05, 3.63) is 37.0 Å². The topological polar surface area (TPSA) is 85.2 Å². The summed E-state index contributed by atoms with van der Waals surface area (Å²) in [7, 11) is -5.77. The van der Waals surface area contributed by atoms with Gasteiger partial charge in [-0.3, -0.25) is 0 Å². The Labute approximate surface area is 121 Å². The van der Waals surface area contributed by atoms with Crippen LogP contribution >= 0.6 is 0 Å². The molecule has 0 saturated heterocycles. The van der Waals surface area contributed by atoms with Gasteiger partial charge >= 0.3 is 15.6 Å². The number of rotatable bonds is 3. The lowest BCUT2D eigenvalue weighted by atomic mass is 10.1. The number of aromatic amines is 1. The van der Waals surface area contributed by atoms with Gasteiger partial charge in [0, 0.05) is 17.3 Å². The monoisotopic (exact) mass is 332 g/mol. The summed E-state index contributed by atoms with van der Waals surface area (Å²) in [5.74, 6) is -0.200. The number of fused-ring (bicyclic) bond motifs is 1. The highest BCUT2D eigenvalue weighted by atomic mass is 32.2. The third-order valence-electron chi connectivity index (χ3n) is 2.85. The number of benzene rings is 1. The second-order valence-corrected chi connectivity index (χ2v) is 5.77. The average Bonchev–Trinajstić information content (AvgIpc) is 3.05. The zero-order valence-corrected chi connectivity index (χ0v) is 11.4. The van der Waals surface area contributed by atoms with Gasteiger partial charge < -0.3 is 13.6 Å². The van der Waals surface area contributed by atoms with Crippen LogP contribution in [0.4, 0.5) is 13.2 Å². The quantitative estimate of drug-likeness (QED) is 0.588. The lowest BCUT2D eigenvalue weighted by Crippen LogP contribution is -2.28. The number of hydrogen-bond acceptors (Lipinski definition) is 5. The van der Waals surface area contributed by atoms with Crippen molar-refractivity contribution in [3.8, 4) is 17.1 Å². The number of halogens is 3. The summed E-state index contributed by atoms with van der Waals surface area (Å²) in [6.45, 7) is 0. The summed E-state index contributed by atoms with van der Waals surface area (Å²) in [4.78, 5) is 6.51. The highest BCUT2D eigenvalue weighted by Gasteiger charge is 2.48. The van der Waals surface area contributed by atoms with E-state index in [2.05, 4.69) is 14.2 Å². The molecule has 3 aromatic rings. The van der Waals surface area contributed by atoms with Crippen LogP contribution in [0.5, 0.6) is 5.75 Å². The summed E-state index contributed by atoms with van der Waals surface area (Å²) >= 11 is 0. The summed E-state index contributed by atoms with van der Waals surface area (Å²) in [6, 6.07) is 4.05. The Morgan fingerprint density at radius 3 is 2.68 bits per heavy atom. The zero-order chi connectivity index (χ0) is 16.0. The van der Waals surface area contributed by atoms with Crippen LogP contribution in [0, 0.1) is 0 Å². The van der Waals surface area contributed by atoms with E-state index < -0.39 is 21.4 Å². The second kappa shape index (κ2) is 4.77. The smallest absolute Gasteiger partial charge is 0.443 e. The molecule has 1 aromatic carbocycles. The van der Waals surface area contributed by atoms with Crippen molar-refractivity contribution in [2.24, 2.45) is 0 Å². The van der Waals surface area contributed by atoms with Gasteiger partial charge in [-0.2, -0.15) is 21.6 Å². The largest absolute Gasteiger partial charge is 0.534 e. The first-order valence-electron chi connectivity index (χ1n) is 5.79. The average molecular weight is 332 g/mol. The Hall–Kier alpha value is -2.49. The molecule has 2 aromatic heterocycles. The molecule has 2 heterocycles. The van der Waals surface area contributed by atoms with E-state index >= 15 is 0 Å². The molecular formula is C12H7F3N2O4S. The summed E-state index contributed by atoms with van der Waals surface area (Å²) in [5, 5.41) is 0.145. The van der Waals surface area contributed by atoms with Gasteiger partial charge in [-0.1, -0.05) is 6.07 Å². The van der Waals surface area contributed by atoms with E-state index in [0.717, 1.165) is 12.5 Å². The van der Waals surface area contributed by atoms with Crippen molar-refractivity contribution >= 4 is 21.0 Å². The molecule has 0 aliphatic carbocycles. The van der Waals surface area contributed by atoms with Gasteiger partial charge in [0.05, 0.1) is 11.6 Å². The number of oxazole rings is 1. The van der Waals surface area contributed by atoms with E-state index in [1.54, 1.807) is 6.07 Å². The molecule has 6 nitrogen and oxygen atoms in total. The SMILES string of the molecule is O=S(=O)(Oc1cccc2[nH]cc(-c3cnco3)c12)C(F)(F)F. The van der Waals surface area contributed by atoms with Gasteiger partial charge in [0.15, 0.2) is 17.9 Å². The van der Waals surface area contributed by atoms with Crippen molar-refractivity contribution in [2.45, 2.75) is 5.51 Å². The maximum atomic E-state index is 12.5. The van der Waals surface area contributed by atoms with Gasteiger partial charge in [0.2, 0.25) is 0 Å². The predicted molar refractivity (Wildman–Crippen MR) is 69.4 cm³/mol. The van der Waals surface area contributed by atoms with Crippen molar-refractivity contribution in [1.29, 1.82) is 0 Å². The van der Waals surface area contributed by atoms with E-state index in [1.807, 2.05) is 0 Å². The fourth-order valence-electron chi connectivity index (χ4n) is 1.93. The third-order valence-corrected chi connectivity index (χ3v) is 3.81. The summed E-state index contributed by atoms with van der Waals surface area (Å²) in [6.07, 6.45) is 3.94. The minimum atomic E-state index is -5.77. The Morgan fingerprint density at radius 2 is 2.05 bits per heavy atom. The molecule has 0 saturated carbocycles. The van der Waals surface area contributed by atoms with Crippen LogP contribution in [0.15, 0.2) is 41.4 Å². The molecule has 0 atom stereocenters. The molecule has 0 unspecified atom stereocenters. The highest BCUT2D eigenvalue weighted by molar-refractivity contribution is 7.88. The number of H-pyrrole nitrogens is 1. The fourth-order valence-corrected chi connectivity index (χ4v) is 2.40. The first-order valence-corrected chi connectivity index (χ1v) is 7.20. The van der Waals surface area contributed by atoms with E-state index in [9.17, 15) is 21.6 Å². The number of nitrogens with zero attached hydrogens (tertiary/aromatic N) is 1. The molecule has 3 rings (SSSR count). The molecule has 0 radical (unpaired) electrons. The van der Waals surface area contributed by atoms with Crippen molar-refractivity contribution < 1.29 is 30.2 Å². The lowest BCUT2D eigenvalue weighted by molar-refractivity contribution is -0.0499. The van der Waals surface area contributed by atoms with Gasteiger partial charge in [-0.25, -0.2) is 4.98 Å². The fraction of sp³-hybridized carbons (Fsp3) is 0.0833. The highest BCUT2D eigenvalue weighted by Crippen LogP contribution is 2.37. The Bertz CT molecular complexity index is 914. The van der Waals surface area contributed by atoms with E-state index in [-0.39, 0.29) is 11.1 Å². The number of aromatic nitrogens is 2. The van der Waals surface area contributed by atoms with Crippen LogP contribution in [0.2, 0.25) is 0 Å². The normalized spacial score (nSPS) is 12.7. The van der Waals surface area contributed by atoms with E-state index in [0.29, 0.717) is 11.1 Å². The molecule has 1 N–H and O–H groups in total. The summed E-state index contributed by atoms with van der Waals surface area (Å²) < 4.78 is 69.1. The molecule has 0 spiro atoms. The van der Waals surface area contributed by atoms with Crippen LogP contribution in [-0.4, -0.2) is 23.9 Å². The predicted octanol–water partition coefficient (Wildman–Crippen LogP) is 3.05. The minimum Gasteiger partial charge on any atom is -0.443 e. The Balaban J connectivity index is 2.17. The molecule has 10 heteroatoms. The molecule has 0 aliphatic rings. The van der Waals surface area contributed by atoms with Crippen LogP contribution < -0.4 is 4.18 Å². The molecule has 22 heavy (non-hydrogen) atoms. The van der Waals surface area contributed by atoms with Gasteiger partial charge in [-0.05, 0) is 12.1 Å². The van der Waals surface area contributed by atoms with Crippen molar-refractivity contribution in [1.82, 2.24) is 9.97 Å². The van der Waals surface area contributed by atoms with Crippen LogP contribution in [-0.2, 0) is 10.1 Å². The van der Waals surface area contributed by atoms with Crippen LogP contribution in [0.3, 0.4) is 0 Å². The van der Waals surface area contributed by atoms with Crippen LogP contribution in [0.1, 0.15) is 0 Å². The molecule has 0 amide bonds. The third kappa shape index (κ3) is 2.30. The minimum absolute atomic E-state index is 0.145. The maximum absolute atomic E-state index is 12.5. The molecule has 116 valence electrons. The van der Waals surface area contributed by atoms with Crippen LogP contribution in [0.25, 0.3) is 22.2 Å². The molecule has 0 bridgehead atoms. The number of nitrogens with one attached hydrogen (secondary N) is 1. The Kier molecular flexibility index (Phi) is 3.13. The molecule has 0 aliphatic heterocycles. The first kappa shape index (κ1) is 14.4. The van der Waals surface area contributed by atoms with Crippen molar-refractivity contribution in [2.75, 3.05) is 0 Å². The lowest BCUT2D eigenvalue weighted by Gasteiger charge is -2.10. The Morgan fingerprint density at radius 1 is 1.27 bits per heavy atom. The second-order valence-electron chi connectivity index (χ2n) is 4.23. The maximum Gasteiger partial charge on any atom is 0.534 e. The van der Waals surface area contributed by atoms with Gasteiger partial charge in [0.1, 0.15) is 0 Å². The van der Waals surface area contributed by atoms with Crippen molar-refractivity contribution in [3.63, 3.8) is 0 Å². The standard InChI is InChI=1S/C12H7F3N2O4S/c13-12(14,15)22(18,19)21-9-3-1-2-8-11(9)7(4-17-8)10-5-16-6-20-10/h1-6,17H. The molecule has 0 fully saturated rings. The van der Waals surface area contributed by atoms with E-state index in [4.69, 9.17) is 4.42 Å². The molecular weight excluding hydrogens is 325 g/mol. The number of hydrogen-bond donors (Lipinski definition) is 1. The van der Waals surface area contributed by atoms with E-state index in [1.165, 1.54) is 18.5 Å². The zero-order valence-electron chi connectivity index (χ0n) is 10.6. The van der Waals surface area contributed by atoms with Gasteiger partial charge in [-0.15, -0.1) is 0 Å².